The van der Waals surface area contributed by atoms with Crippen molar-refractivity contribution in [1.82, 2.24) is 5.32 Å². The number of hydrogen-bond donors (Lipinski definition) is 2. The van der Waals surface area contributed by atoms with E-state index in [1.165, 1.54) is 31.4 Å². The number of primary amides is 1. The van der Waals surface area contributed by atoms with Gasteiger partial charge in [0.1, 0.15) is 12.4 Å². The lowest BCUT2D eigenvalue weighted by Crippen LogP contribution is -2.42. The number of alkyl halides is 3. The van der Waals surface area contributed by atoms with Crippen molar-refractivity contribution in [1.29, 1.82) is 0 Å². The Morgan fingerprint density at radius 3 is 2.24 bits per heavy atom. The maximum absolute atomic E-state index is 12.3. The zero-order valence-corrected chi connectivity index (χ0v) is 18.5. The molecule has 3 N–H and O–H groups in total. The Bertz CT molecular complexity index is 1070. The molecule has 34 heavy (non-hydrogen) atoms. The van der Waals surface area contributed by atoms with Crippen LogP contribution in [0.1, 0.15) is 16.7 Å². The summed E-state index contributed by atoms with van der Waals surface area (Å²) in [6.45, 7) is 0.513. The number of halogens is 3. The van der Waals surface area contributed by atoms with Gasteiger partial charge in [-0.25, -0.2) is 0 Å². The van der Waals surface area contributed by atoms with Gasteiger partial charge in [0, 0.05) is 6.54 Å². The maximum atomic E-state index is 12.3. The standard InChI is InChI=1S/C25H25F3N2O4/c1-32-23-14-19(15-30-21(24(29)31)13-17-5-3-2-4-6-17)9-12-22(23)33-16-18-7-10-20(11-8-18)34-25(26,27)28/h2-12,14,21,30H,13,15-16H2,1H3,(H2,29,31). The lowest BCUT2D eigenvalue weighted by atomic mass is 10.1. The van der Waals surface area contributed by atoms with E-state index in [-0.39, 0.29) is 12.4 Å². The molecular weight excluding hydrogens is 449 g/mol. The fourth-order valence-electron chi connectivity index (χ4n) is 3.25. The van der Waals surface area contributed by atoms with E-state index >= 15 is 0 Å². The minimum Gasteiger partial charge on any atom is -0.493 e. The van der Waals surface area contributed by atoms with E-state index in [2.05, 4.69) is 10.1 Å². The summed E-state index contributed by atoms with van der Waals surface area (Å²) in [5.74, 6) is 0.210. The number of hydrogen-bond acceptors (Lipinski definition) is 5. The average Bonchev–Trinajstić information content (AvgIpc) is 2.81. The van der Waals surface area contributed by atoms with E-state index in [1.54, 1.807) is 12.1 Å². The van der Waals surface area contributed by atoms with Crippen LogP contribution in [0.2, 0.25) is 0 Å². The summed E-state index contributed by atoms with van der Waals surface area (Å²) >= 11 is 0. The summed E-state index contributed by atoms with van der Waals surface area (Å²) in [5.41, 5.74) is 8.07. The quantitative estimate of drug-likeness (QED) is 0.432. The van der Waals surface area contributed by atoms with Crippen molar-refractivity contribution in [2.75, 3.05) is 7.11 Å². The monoisotopic (exact) mass is 474 g/mol. The molecule has 0 saturated carbocycles. The van der Waals surface area contributed by atoms with Crippen LogP contribution in [0.5, 0.6) is 17.2 Å². The Morgan fingerprint density at radius 2 is 1.62 bits per heavy atom. The molecule has 3 rings (SSSR count). The number of rotatable bonds is 11. The first kappa shape index (κ1) is 24.9. The highest BCUT2D eigenvalue weighted by atomic mass is 19.4. The summed E-state index contributed by atoms with van der Waals surface area (Å²) in [7, 11) is 1.50. The van der Waals surface area contributed by atoms with Crippen LogP contribution in [0.3, 0.4) is 0 Å². The molecule has 1 atom stereocenters. The van der Waals surface area contributed by atoms with Gasteiger partial charge in [0.25, 0.3) is 0 Å². The molecule has 0 aromatic heterocycles. The van der Waals surface area contributed by atoms with Gasteiger partial charge in [-0.05, 0) is 47.4 Å². The normalized spacial score (nSPS) is 12.1. The molecule has 0 heterocycles. The molecular formula is C25H25F3N2O4. The van der Waals surface area contributed by atoms with Gasteiger partial charge in [-0.2, -0.15) is 0 Å². The summed E-state index contributed by atoms with van der Waals surface area (Å²) in [5, 5.41) is 3.17. The van der Waals surface area contributed by atoms with Crippen LogP contribution in [-0.2, 0) is 24.4 Å². The van der Waals surface area contributed by atoms with Gasteiger partial charge >= 0.3 is 6.36 Å². The van der Waals surface area contributed by atoms with Gasteiger partial charge in [0.2, 0.25) is 5.91 Å². The third kappa shape index (κ3) is 7.70. The second kappa shape index (κ2) is 11.4. The highest BCUT2D eigenvalue weighted by Gasteiger charge is 2.30. The predicted octanol–water partition coefficient (Wildman–Crippen LogP) is 4.36. The molecule has 0 aliphatic rings. The van der Waals surface area contributed by atoms with E-state index in [9.17, 15) is 18.0 Å². The number of ether oxygens (including phenoxy) is 3. The van der Waals surface area contributed by atoms with Gasteiger partial charge in [-0.15, -0.1) is 13.2 Å². The van der Waals surface area contributed by atoms with Crippen LogP contribution in [-0.4, -0.2) is 25.4 Å². The lowest BCUT2D eigenvalue weighted by molar-refractivity contribution is -0.274. The molecule has 1 unspecified atom stereocenters. The minimum absolute atomic E-state index is 0.126. The number of nitrogens with one attached hydrogen (secondary N) is 1. The van der Waals surface area contributed by atoms with Crippen molar-refractivity contribution < 1.29 is 32.2 Å². The average molecular weight is 474 g/mol. The van der Waals surface area contributed by atoms with E-state index < -0.39 is 18.3 Å². The van der Waals surface area contributed by atoms with Gasteiger partial charge in [0.05, 0.1) is 13.2 Å². The fraction of sp³-hybridized carbons (Fsp3) is 0.240. The summed E-state index contributed by atoms with van der Waals surface area (Å²) in [6.07, 6.45) is -4.26. The van der Waals surface area contributed by atoms with Gasteiger partial charge in [-0.1, -0.05) is 48.5 Å². The van der Waals surface area contributed by atoms with Crippen LogP contribution in [0, 0.1) is 0 Å². The first-order chi connectivity index (χ1) is 16.2. The Balaban J connectivity index is 1.58. The molecule has 0 bridgehead atoms. The third-order valence-corrected chi connectivity index (χ3v) is 4.96. The van der Waals surface area contributed by atoms with Crippen molar-refractivity contribution in [3.63, 3.8) is 0 Å². The second-order valence-electron chi connectivity index (χ2n) is 7.49. The maximum Gasteiger partial charge on any atom is 0.573 e. The smallest absolute Gasteiger partial charge is 0.493 e. The highest BCUT2D eigenvalue weighted by Crippen LogP contribution is 2.29. The number of carbonyl (C=O) groups excluding carboxylic acids is 1. The third-order valence-electron chi connectivity index (χ3n) is 4.96. The van der Waals surface area contributed by atoms with Crippen LogP contribution < -0.4 is 25.3 Å². The molecule has 0 saturated heterocycles. The Morgan fingerprint density at radius 1 is 0.941 bits per heavy atom. The van der Waals surface area contributed by atoms with Crippen LogP contribution in [0.15, 0.2) is 72.8 Å². The molecule has 1 amide bonds. The van der Waals surface area contributed by atoms with Crippen molar-refractivity contribution in [3.8, 4) is 17.2 Å². The molecule has 0 fully saturated rings. The molecule has 6 nitrogen and oxygen atoms in total. The Kier molecular flexibility index (Phi) is 8.37. The van der Waals surface area contributed by atoms with Crippen molar-refractivity contribution in [3.05, 3.63) is 89.5 Å². The predicted molar refractivity (Wildman–Crippen MR) is 120 cm³/mol. The van der Waals surface area contributed by atoms with Crippen molar-refractivity contribution in [2.24, 2.45) is 5.73 Å². The molecule has 180 valence electrons. The number of amides is 1. The molecule has 0 aliphatic carbocycles. The molecule has 0 radical (unpaired) electrons. The summed E-state index contributed by atoms with van der Waals surface area (Å²) < 4.78 is 51.9. The summed E-state index contributed by atoms with van der Waals surface area (Å²) in [6, 6.07) is 19.8. The van der Waals surface area contributed by atoms with Crippen LogP contribution >= 0.6 is 0 Å². The van der Waals surface area contributed by atoms with E-state index in [4.69, 9.17) is 15.2 Å². The van der Waals surface area contributed by atoms with E-state index in [0.717, 1.165) is 11.1 Å². The number of methoxy groups -OCH3 is 1. The van der Waals surface area contributed by atoms with Crippen molar-refractivity contribution in [2.45, 2.75) is 32.0 Å². The first-order valence-electron chi connectivity index (χ1n) is 10.4. The molecule has 3 aromatic carbocycles. The zero-order chi connectivity index (χ0) is 24.6. The Hall–Kier alpha value is -3.72. The largest absolute Gasteiger partial charge is 0.573 e. The van der Waals surface area contributed by atoms with E-state index in [0.29, 0.717) is 30.0 Å². The molecule has 9 heteroatoms. The fourth-order valence-corrected chi connectivity index (χ4v) is 3.25. The molecule has 0 aliphatic heterocycles. The zero-order valence-electron chi connectivity index (χ0n) is 18.5. The van der Waals surface area contributed by atoms with Gasteiger partial charge in [0.15, 0.2) is 11.5 Å². The number of nitrogens with two attached hydrogens (primary N) is 1. The Labute approximate surface area is 195 Å². The minimum atomic E-state index is -4.74. The summed E-state index contributed by atoms with van der Waals surface area (Å²) in [4.78, 5) is 11.9. The number of benzene rings is 3. The first-order valence-corrected chi connectivity index (χ1v) is 10.4. The van der Waals surface area contributed by atoms with Gasteiger partial charge in [-0.3, -0.25) is 4.79 Å². The van der Waals surface area contributed by atoms with Gasteiger partial charge < -0.3 is 25.3 Å². The van der Waals surface area contributed by atoms with E-state index in [1.807, 2.05) is 36.4 Å². The molecule has 0 spiro atoms. The molecule has 3 aromatic rings. The lowest BCUT2D eigenvalue weighted by Gasteiger charge is -2.17. The highest BCUT2D eigenvalue weighted by molar-refractivity contribution is 5.80. The SMILES string of the molecule is COc1cc(CNC(Cc2ccccc2)C(N)=O)ccc1OCc1ccc(OC(F)(F)F)cc1. The van der Waals surface area contributed by atoms with Crippen molar-refractivity contribution >= 4 is 5.91 Å². The number of carbonyl (C=O) groups is 1. The topological polar surface area (TPSA) is 82.8 Å². The van der Waals surface area contributed by atoms with Crippen LogP contribution in [0.4, 0.5) is 13.2 Å². The van der Waals surface area contributed by atoms with Crippen LogP contribution in [0.25, 0.3) is 0 Å². The second-order valence-corrected chi connectivity index (χ2v) is 7.49.